The van der Waals surface area contributed by atoms with Crippen molar-refractivity contribution < 1.29 is 23.1 Å². The van der Waals surface area contributed by atoms with Crippen LogP contribution in [0.1, 0.15) is 19.3 Å². The van der Waals surface area contributed by atoms with Crippen molar-refractivity contribution in [3.8, 4) is 5.75 Å². The van der Waals surface area contributed by atoms with Gasteiger partial charge in [-0.15, -0.1) is 0 Å². The van der Waals surface area contributed by atoms with E-state index in [1.54, 1.807) is 0 Å². The number of alkyl halides is 2. The van der Waals surface area contributed by atoms with Gasteiger partial charge in [0.2, 0.25) is 5.91 Å². The lowest BCUT2D eigenvalue weighted by atomic mass is 10.2. The summed E-state index contributed by atoms with van der Waals surface area (Å²) in [6.45, 7) is -2.57. The van der Waals surface area contributed by atoms with E-state index in [1.165, 1.54) is 18.2 Å². The van der Waals surface area contributed by atoms with Crippen LogP contribution in [0.15, 0.2) is 18.2 Å². The first-order chi connectivity index (χ1) is 10.4. The lowest BCUT2D eigenvalue weighted by Gasteiger charge is -2.09. The average Bonchev–Trinajstić information content (AvgIpc) is 2.40. The van der Waals surface area contributed by atoms with E-state index in [-0.39, 0.29) is 23.1 Å². The fourth-order valence-corrected chi connectivity index (χ4v) is 1.84. The molecule has 9 heteroatoms. The average molecular weight is 336 g/mol. The number of anilines is 1. The fraction of sp³-hybridized carbons (Fsp3) is 0.385. The minimum absolute atomic E-state index is 0.0243. The van der Waals surface area contributed by atoms with Gasteiger partial charge in [0.05, 0.1) is 5.02 Å². The second kappa shape index (κ2) is 9.04. The number of benzene rings is 1. The number of carbonyl (C=O) groups excluding carboxylic acids is 2. The topological polar surface area (TPSA) is 93.5 Å². The number of urea groups is 1. The molecule has 122 valence electrons. The van der Waals surface area contributed by atoms with Crippen molar-refractivity contribution in [3.63, 3.8) is 0 Å². The zero-order valence-electron chi connectivity index (χ0n) is 11.6. The maximum absolute atomic E-state index is 12.1. The van der Waals surface area contributed by atoms with Crippen molar-refractivity contribution in [2.24, 2.45) is 5.73 Å². The van der Waals surface area contributed by atoms with Gasteiger partial charge in [-0.25, -0.2) is 4.79 Å². The Morgan fingerprint density at radius 2 is 2.05 bits per heavy atom. The van der Waals surface area contributed by atoms with E-state index < -0.39 is 12.6 Å². The molecular formula is C13H16ClF2N3O3. The van der Waals surface area contributed by atoms with E-state index in [0.29, 0.717) is 25.1 Å². The van der Waals surface area contributed by atoms with Crippen LogP contribution in [0.5, 0.6) is 5.75 Å². The lowest BCUT2D eigenvalue weighted by molar-refractivity contribution is -0.116. The Morgan fingerprint density at radius 3 is 2.64 bits per heavy atom. The van der Waals surface area contributed by atoms with Crippen LogP contribution in [-0.4, -0.2) is 25.1 Å². The number of rotatable bonds is 8. The summed E-state index contributed by atoms with van der Waals surface area (Å²) in [6.07, 6.45) is 1.41. The molecule has 22 heavy (non-hydrogen) atoms. The quantitative estimate of drug-likeness (QED) is 0.638. The standard InChI is InChI=1S/C13H16ClF2N3O3/c14-9-7-8(4-5-10(9)22-12(15)16)19-11(20)3-1-2-6-18-13(17)21/h4-5,7,12H,1-3,6H2,(H,19,20)(H3,17,18,21). The first-order valence-corrected chi connectivity index (χ1v) is 6.84. The lowest BCUT2D eigenvalue weighted by Crippen LogP contribution is -2.30. The highest BCUT2D eigenvalue weighted by molar-refractivity contribution is 6.32. The van der Waals surface area contributed by atoms with Crippen molar-refractivity contribution in [1.82, 2.24) is 5.32 Å². The Balaban J connectivity index is 2.38. The van der Waals surface area contributed by atoms with E-state index in [1.807, 2.05) is 0 Å². The number of unbranched alkanes of at least 4 members (excludes halogenated alkanes) is 1. The van der Waals surface area contributed by atoms with Crippen molar-refractivity contribution in [1.29, 1.82) is 0 Å². The van der Waals surface area contributed by atoms with Gasteiger partial charge < -0.3 is 21.1 Å². The summed E-state index contributed by atoms with van der Waals surface area (Å²) < 4.78 is 28.4. The Morgan fingerprint density at radius 1 is 1.32 bits per heavy atom. The Hall–Kier alpha value is -2.09. The molecule has 0 aliphatic heterocycles. The van der Waals surface area contributed by atoms with Crippen LogP contribution >= 0.6 is 11.6 Å². The van der Waals surface area contributed by atoms with E-state index in [9.17, 15) is 18.4 Å². The number of carbonyl (C=O) groups is 2. The van der Waals surface area contributed by atoms with Crippen LogP contribution in [-0.2, 0) is 4.79 Å². The number of primary amides is 1. The first-order valence-electron chi connectivity index (χ1n) is 6.46. The summed E-state index contributed by atoms with van der Waals surface area (Å²) in [6, 6.07) is 3.38. The number of nitrogens with two attached hydrogens (primary N) is 1. The molecule has 0 atom stereocenters. The predicted molar refractivity (Wildman–Crippen MR) is 78.2 cm³/mol. The van der Waals surface area contributed by atoms with Crippen molar-refractivity contribution in [2.75, 3.05) is 11.9 Å². The van der Waals surface area contributed by atoms with E-state index in [4.69, 9.17) is 17.3 Å². The second-order valence-electron chi connectivity index (χ2n) is 4.32. The van der Waals surface area contributed by atoms with Crippen LogP contribution in [0, 0.1) is 0 Å². The highest BCUT2D eigenvalue weighted by Gasteiger charge is 2.10. The van der Waals surface area contributed by atoms with Gasteiger partial charge in [-0.2, -0.15) is 8.78 Å². The predicted octanol–water partition coefficient (Wildman–Crippen LogP) is 2.72. The Bertz CT molecular complexity index is 529. The van der Waals surface area contributed by atoms with Gasteiger partial charge >= 0.3 is 12.6 Å². The van der Waals surface area contributed by atoms with Crippen LogP contribution in [0.3, 0.4) is 0 Å². The summed E-state index contributed by atoms with van der Waals surface area (Å²) in [4.78, 5) is 22.1. The SMILES string of the molecule is NC(=O)NCCCCC(=O)Nc1ccc(OC(F)F)c(Cl)c1. The van der Waals surface area contributed by atoms with E-state index in [0.717, 1.165) is 0 Å². The Labute approximate surface area is 130 Å². The molecule has 0 saturated carbocycles. The molecule has 1 rings (SSSR count). The third-order valence-corrected chi connectivity index (χ3v) is 2.86. The van der Waals surface area contributed by atoms with Gasteiger partial charge in [0, 0.05) is 18.7 Å². The summed E-state index contributed by atoms with van der Waals surface area (Å²) in [5.74, 6) is -0.412. The van der Waals surface area contributed by atoms with Crippen LogP contribution in [0.2, 0.25) is 5.02 Å². The zero-order valence-corrected chi connectivity index (χ0v) is 12.3. The minimum Gasteiger partial charge on any atom is -0.433 e. The molecule has 0 aliphatic carbocycles. The smallest absolute Gasteiger partial charge is 0.387 e. The summed E-state index contributed by atoms with van der Waals surface area (Å²) in [7, 11) is 0. The monoisotopic (exact) mass is 335 g/mol. The molecule has 0 saturated heterocycles. The van der Waals surface area contributed by atoms with Gasteiger partial charge in [0.15, 0.2) is 0 Å². The molecule has 0 bridgehead atoms. The molecule has 1 aromatic rings. The number of halogens is 3. The number of amides is 3. The van der Waals surface area contributed by atoms with Crippen molar-refractivity contribution >= 4 is 29.2 Å². The van der Waals surface area contributed by atoms with Gasteiger partial charge in [-0.05, 0) is 31.0 Å². The molecule has 6 nitrogen and oxygen atoms in total. The van der Waals surface area contributed by atoms with Crippen molar-refractivity contribution in [2.45, 2.75) is 25.9 Å². The Kier molecular flexibility index (Phi) is 7.38. The highest BCUT2D eigenvalue weighted by Crippen LogP contribution is 2.28. The van der Waals surface area contributed by atoms with Crippen LogP contribution in [0.25, 0.3) is 0 Å². The fourth-order valence-electron chi connectivity index (χ4n) is 1.62. The molecular weight excluding hydrogens is 320 g/mol. The summed E-state index contributed by atoms with van der Waals surface area (Å²) in [5, 5.41) is 4.97. The molecule has 0 aliphatic rings. The number of hydrogen-bond donors (Lipinski definition) is 3. The van der Waals surface area contributed by atoms with Crippen LogP contribution < -0.4 is 21.1 Å². The third-order valence-electron chi connectivity index (χ3n) is 2.56. The van der Waals surface area contributed by atoms with Gasteiger partial charge in [0.1, 0.15) is 5.75 Å². The molecule has 4 N–H and O–H groups in total. The molecule has 0 spiro atoms. The van der Waals surface area contributed by atoms with Crippen LogP contribution in [0.4, 0.5) is 19.3 Å². The van der Waals surface area contributed by atoms with Crippen molar-refractivity contribution in [3.05, 3.63) is 23.2 Å². The molecule has 0 unspecified atom stereocenters. The number of nitrogens with one attached hydrogen (secondary N) is 2. The zero-order chi connectivity index (χ0) is 16.5. The first kappa shape index (κ1) is 18.0. The molecule has 0 aromatic heterocycles. The van der Waals surface area contributed by atoms with Gasteiger partial charge in [-0.1, -0.05) is 11.6 Å². The molecule has 0 radical (unpaired) electrons. The van der Waals surface area contributed by atoms with E-state index >= 15 is 0 Å². The molecule has 1 aromatic carbocycles. The van der Waals surface area contributed by atoms with Gasteiger partial charge in [0.25, 0.3) is 0 Å². The largest absolute Gasteiger partial charge is 0.433 e. The van der Waals surface area contributed by atoms with E-state index in [2.05, 4.69) is 15.4 Å². The molecule has 0 fully saturated rings. The number of ether oxygens (including phenoxy) is 1. The highest BCUT2D eigenvalue weighted by atomic mass is 35.5. The normalized spacial score (nSPS) is 10.4. The summed E-state index contributed by atoms with van der Waals surface area (Å²) in [5.41, 5.74) is 5.28. The maximum atomic E-state index is 12.1. The minimum atomic E-state index is -2.97. The summed E-state index contributed by atoms with van der Waals surface area (Å²) >= 11 is 5.77. The molecule has 3 amide bonds. The molecule has 0 heterocycles. The second-order valence-corrected chi connectivity index (χ2v) is 4.73. The number of hydrogen-bond acceptors (Lipinski definition) is 3. The van der Waals surface area contributed by atoms with Gasteiger partial charge in [-0.3, -0.25) is 4.79 Å². The maximum Gasteiger partial charge on any atom is 0.387 e. The third kappa shape index (κ3) is 7.07.